The molecule has 2 aromatic rings. The summed E-state index contributed by atoms with van der Waals surface area (Å²) >= 11 is 1.84. The van der Waals surface area contributed by atoms with Gasteiger partial charge in [0, 0.05) is 6.20 Å². The minimum atomic E-state index is -0.964. The highest BCUT2D eigenvalue weighted by Gasteiger charge is 2.23. The van der Waals surface area contributed by atoms with Crippen LogP contribution in [0.15, 0.2) is 18.3 Å². The fourth-order valence-electron chi connectivity index (χ4n) is 2.01. The highest BCUT2D eigenvalue weighted by molar-refractivity contribution is 7.99. The summed E-state index contributed by atoms with van der Waals surface area (Å²) in [4.78, 5) is 15.4. The Balaban J connectivity index is 2.11. The largest absolute Gasteiger partial charge is 0.478 e. The average molecular weight is 249 g/mol. The number of fused-ring (bicyclic) bond motifs is 1. The standard InChI is InChI=1S/C11H11N3O2S/c15-11(16)7-3-1-5-14-10(7)12-9(13-14)8-4-2-6-17-8/h1,3,5,8H,2,4,6H2,(H,15,16). The molecule has 0 aliphatic carbocycles. The van der Waals surface area contributed by atoms with Gasteiger partial charge < -0.3 is 5.11 Å². The number of aromatic nitrogens is 3. The second kappa shape index (κ2) is 4.03. The van der Waals surface area contributed by atoms with E-state index in [2.05, 4.69) is 10.1 Å². The topological polar surface area (TPSA) is 67.5 Å². The van der Waals surface area contributed by atoms with Crippen LogP contribution in [0.4, 0.5) is 0 Å². The van der Waals surface area contributed by atoms with Crippen LogP contribution in [0.1, 0.15) is 34.3 Å². The van der Waals surface area contributed by atoms with Crippen LogP contribution < -0.4 is 0 Å². The smallest absolute Gasteiger partial charge is 0.339 e. The van der Waals surface area contributed by atoms with Crippen molar-refractivity contribution in [2.45, 2.75) is 18.1 Å². The molecule has 1 atom stereocenters. The summed E-state index contributed by atoms with van der Waals surface area (Å²) in [5.74, 6) is 0.918. The number of hydrogen-bond acceptors (Lipinski definition) is 4. The lowest BCUT2D eigenvalue weighted by atomic mass is 10.2. The third kappa shape index (κ3) is 1.78. The molecule has 1 fully saturated rings. The molecule has 1 N–H and O–H groups in total. The molecule has 0 radical (unpaired) electrons. The van der Waals surface area contributed by atoms with Crippen LogP contribution in [0, 0.1) is 0 Å². The molecular formula is C11H11N3O2S. The zero-order valence-corrected chi connectivity index (χ0v) is 9.85. The first-order valence-corrected chi connectivity index (χ1v) is 6.51. The van der Waals surface area contributed by atoms with E-state index in [9.17, 15) is 4.79 Å². The number of hydrogen-bond donors (Lipinski definition) is 1. The second-order valence-electron chi connectivity index (χ2n) is 3.97. The summed E-state index contributed by atoms with van der Waals surface area (Å²) in [5.41, 5.74) is 0.636. The molecule has 3 rings (SSSR count). The number of carbonyl (C=O) groups is 1. The van der Waals surface area contributed by atoms with Crippen molar-refractivity contribution in [1.82, 2.24) is 14.6 Å². The molecule has 17 heavy (non-hydrogen) atoms. The third-order valence-electron chi connectivity index (χ3n) is 2.83. The molecule has 0 aromatic carbocycles. The minimum Gasteiger partial charge on any atom is -0.478 e. The summed E-state index contributed by atoms with van der Waals surface area (Å²) in [6.45, 7) is 0. The Kier molecular flexibility index (Phi) is 2.51. The van der Waals surface area contributed by atoms with Crippen LogP contribution in [0.5, 0.6) is 0 Å². The average Bonchev–Trinajstić information content (AvgIpc) is 2.96. The molecular weight excluding hydrogens is 238 g/mol. The Morgan fingerprint density at radius 1 is 1.59 bits per heavy atom. The predicted molar refractivity (Wildman–Crippen MR) is 64.4 cm³/mol. The number of aromatic carboxylic acids is 1. The molecule has 2 aromatic heterocycles. The lowest BCUT2D eigenvalue weighted by Gasteiger charge is -1.99. The second-order valence-corrected chi connectivity index (χ2v) is 5.28. The normalized spacial score (nSPS) is 19.9. The van der Waals surface area contributed by atoms with Crippen molar-refractivity contribution in [3.8, 4) is 0 Å². The Morgan fingerprint density at radius 3 is 3.18 bits per heavy atom. The number of nitrogens with zero attached hydrogens (tertiary/aromatic N) is 3. The number of carboxylic acid groups (broad SMARTS) is 1. The van der Waals surface area contributed by atoms with Crippen LogP contribution in [-0.4, -0.2) is 31.4 Å². The van der Waals surface area contributed by atoms with Crippen LogP contribution in [-0.2, 0) is 0 Å². The van der Waals surface area contributed by atoms with Crippen molar-refractivity contribution in [3.05, 3.63) is 29.7 Å². The summed E-state index contributed by atoms with van der Waals surface area (Å²) in [7, 11) is 0. The number of pyridine rings is 1. The molecule has 1 saturated heterocycles. The maximum Gasteiger partial charge on any atom is 0.339 e. The van der Waals surface area contributed by atoms with Gasteiger partial charge in [-0.3, -0.25) is 0 Å². The van der Waals surface area contributed by atoms with Crippen LogP contribution in [0.3, 0.4) is 0 Å². The Morgan fingerprint density at radius 2 is 2.47 bits per heavy atom. The summed E-state index contributed by atoms with van der Waals surface area (Å²) in [6.07, 6.45) is 3.98. The molecule has 6 heteroatoms. The quantitative estimate of drug-likeness (QED) is 0.881. The predicted octanol–water partition coefficient (Wildman–Crippen LogP) is 2.00. The van der Waals surface area contributed by atoms with E-state index in [1.807, 2.05) is 11.8 Å². The van der Waals surface area contributed by atoms with Crippen molar-refractivity contribution in [2.24, 2.45) is 0 Å². The van der Waals surface area contributed by atoms with E-state index in [1.165, 1.54) is 6.42 Å². The van der Waals surface area contributed by atoms with Crippen molar-refractivity contribution in [2.75, 3.05) is 5.75 Å². The van der Waals surface area contributed by atoms with Gasteiger partial charge in [-0.1, -0.05) is 0 Å². The maximum absolute atomic E-state index is 11.1. The number of thioether (sulfide) groups is 1. The van der Waals surface area contributed by atoms with Gasteiger partial charge in [-0.2, -0.15) is 16.9 Å². The molecule has 1 aliphatic rings. The van der Waals surface area contributed by atoms with Gasteiger partial charge in [-0.05, 0) is 30.7 Å². The van der Waals surface area contributed by atoms with Gasteiger partial charge in [0.05, 0.1) is 5.25 Å². The van der Waals surface area contributed by atoms with Crippen molar-refractivity contribution < 1.29 is 9.90 Å². The maximum atomic E-state index is 11.1. The van der Waals surface area contributed by atoms with Crippen LogP contribution in [0.2, 0.25) is 0 Å². The van der Waals surface area contributed by atoms with E-state index in [0.29, 0.717) is 10.9 Å². The molecule has 0 bridgehead atoms. The van der Waals surface area contributed by atoms with E-state index in [-0.39, 0.29) is 5.56 Å². The van der Waals surface area contributed by atoms with Gasteiger partial charge in [0.1, 0.15) is 5.56 Å². The lowest BCUT2D eigenvalue weighted by molar-refractivity contribution is 0.0698. The van der Waals surface area contributed by atoms with Crippen molar-refractivity contribution >= 4 is 23.4 Å². The Labute approximate surface area is 102 Å². The fourth-order valence-corrected chi connectivity index (χ4v) is 3.21. The highest BCUT2D eigenvalue weighted by Crippen LogP contribution is 2.38. The first-order chi connectivity index (χ1) is 8.25. The molecule has 3 heterocycles. The summed E-state index contributed by atoms with van der Waals surface area (Å²) in [5, 5.41) is 13.7. The number of carboxylic acids is 1. The van der Waals surface area contributed by atoms with Crippen LogP contribution >= 0.6 is 11.8 Å². The minimum absolute atomic E-state index is 0.203. The van der Waals surface area contributed by atoms with E-state index < -0.39 is 5.97 Å². The molecule has 0 amide bonds. The first-order valence-electron chi connectivity index (χ1n) is 5.46. The van der Waals surface area contributed by atoms with Gasteiger partial charge in [0.2, 0.25) is 0 Å². The van der Waals surface area contributed by atoms with E-state index in [1.54, 1.807) is 22.8 Å². The molecule has 88 valence electrons. The lowest BCUT2D eigenvalue weighted by Crippen LogP contribution is -2.00. The molecule has 1 unspecified atom stereocenters. The van der Waals surface area contributed by atoms with Gasteiger partial charge in [-0.15, -0.1) is 0 Å². The van der Waals surface area contributed by atoms with Gasteiger partial charge in [-0.25, -0.2) is 14.3 Å². The molecule has 1 aliphatic heterocycles. The number of rotatable bonds is 2. The molecule has 0 saturated carbocycles. The summed E-state index contributed by atoms with van der Waals surface area (Å²) in [6, 6.07) is 3.23. The van der Waals surface area contributed by atoms with E-state index in [4.69, 9.17) is 5.11 Å². The Hall–Kier alpha value is -1.56. The Bertz CT molecular complexity index is 575. The fraction of sp³-hybridized carbons (Fsp3) is 0.364. The zero-order chi connectivity index (χ0) is 11.8. The molecule has 5 nitrogen and oxygen atoms in total. The van der Waals surface area contributed by atoms with Crippen LogP contribution in [0.25, 0.3) is 5.65 Å². The van der Waals surface area contributed by atoms with Gasteiger partial charge in [0.25, 0.3) is 0 Å². The van der Waals surface area contributed by atoms with E-state index >= 15 is 0 Å². The zero-order valence-electron chi connectivity index (χ0n) is 9.04. The van der Waals surface area contributed by atoms with Gasteiger partial charge in [0.15, 0.2) is 11.5 Å². The highest BCUT2D eigenvalue weighted by atomic mass is 32.2. The first kappa shape index (κ1) is 10.6. The molecule has 0 spiro atoms. The SMILES string of the molecule is O=C(O)c1cccn2nc(C3CCCS3)nc12. The van der Waals surface area contributed by atoms with E-state index in [0.717, 1.165) is 18.0 Å². The third-order valence-corrected chi connectivity index (χ3v) is 4.20. The van der Waals surface area contributed by atoms with Crippen molar-refractivity contribution in [3.63, 3.8) is 0 Å². The summed E-state index contributed by atoms with van der Waals surface area (Å²) < 4.78 is 1.55. The van der Waals surface area contributed by atoms with Crippen molar-refractivity contribution in [1.29, 1.82) is 0 Å². The van der Waals surface area contributed by atoms with Gasteiger partial charge >= 0.3 is 5.97 Å². The monoisotopic (exact) mass is 249 g/mol.